The molecule has 2 rings (SSSR count). The van der Waals surface area contributed by atoms with Crippen LogP contribution in [0.3, 0.4) is 0 Å². The van der Waals surface area contributed by atoms with Crippen molar-refractivity contribution >= 4 is 29.9 Å². The molecule has 0 aromatic rings. The number of hydrogen-bond donors (Lipinski definition) is 1. The Kier molecular flexibility index (Phi) is 7.18. The van der Waals surface area contributed by atoms with E-state index in [0.717, 1.165) is 25.5 Å². The third-order valence-corrected chi connectivity index (χ3v) is 4.28. The maximum absolute atomic E-state index is 4.74. The van der Waals surface area contributed by atoms with E-state index in [1.807, 2.05) is 0 Å². The molecule has 110 valence electrons. The number of hydrogen-bond acceptors (Lipinski definition) is 1. The average Bonchev–Trinajstić information content (AvgIpc) is 2.78. The fourth-order valence-electron chi connectivity index (χ4n) is 3.04. The highest BCUT2D eigenvalue weighted by molar-refractivity contribution is 14.0. The van der Waals surface area contributed by atoms with Gasteiger partial charge in [-0.05, 0) is 44.9 Å². The van der Waals surface area contributed by atoms with Gasteiger partial charge in [0.15, 0.2) is 5.96 Å². The van der Waals surface area contributed by atoms with Gasteiger partial charge in [-0.2, -0.15) is 0 Å². The zero-order valence-electron chi connectivity index (χ0n) is 12.3. The Balaban J connectivity index is 0.00000180. The Morgan fingerprint density at radius 1 is 1.37 bits per heavy atom. The average molecular weight is 377 g/mol. The summed E-state index contributed by atoms with van der Waals surface area (Å²) in [6.45, 7) is 8.49. The first-order chi connectivity index (χ1) is 8.79. The van der Waals surface area contributed by atoms with Crippen molar-refractivity contribution in [1.29, 1.82) is 0 Å². The van der Waals surface area contributed by atoms with Gasteiger partial charge in [-0.25, -0.2) is 0 Å². The molecule has 19 heavy (non-hydrogen) atoms. The van der Waals surface area contributed by atoms with E-state index in [9.17, 15) is 0 Å². The van der Waals surface area contributed by atoms with Crippen LogP contribution in [0.25, 0.3) is 0 Å². The topological polar surface area (TPSA) is 27.6 Å². The summed E-state index contributed by atoms with van der Waals surface area (Å²) in [5.74, 6) is 1.13. The van der Waals surface area contributed by atoms with E-state index >= 15 is 0 Å². The number of rotatable bonds is 4. The normalized spacial score (nSPS) is 21.6. The van der Waals surface area contributed by atoms with Gasteiger partial charge in [-0.1, -0.05) is 18.6 Å². The first-order valence-electron chi connectivity index (χ1n) is 7.44. The van der Waals surface area contributed by atoms with Crippen LogP contribution in [0.2, 0.25) is 0 Å². The second-order valence-electron chi connectivity index (χ2n) is 5.62. The van der Waals surface area contributed by atoms with Crippen LogP contribution in [0, 0.1) is 5.41 Å². The fraction of sp³-hybridized carbons (Fsp3) is 0.800. The molecule has 0 unspecified atom stereocenters. The van der Waals surface area contributed by atoms with Crippen LogP contribution >= 0.6 is 24.0 Å². The molecule has 0 bridgehead atoms. The number of aliphatic imine (C=N–C) groups is 1. The Morgan fingerprint density at radius 3 is 2.68 bits per heavy atom. The van der Waals surface area contributed by atoms with Crippen LogP contribution in [0.1, 0.15) is 46.0 Å². The van der Waals surface area contributed by atoms with Crippen molar-refractivity contribution in [3.8, 4) is 0 Å². The van der Waals surface area contributed by atoms with Crippen molar-refractivity contribution in [3.05, 3.63) is 12.2 Å². The van der Waals surface area contributed by atoms with Crippen LogP contribution in [-0.4, -0.2) is 37.0 Å². The lowest BCUT2D eigenvalue weighted by molar-refractivity contribution is 0.151. The molecule has 1 aliphatic heterocycles. The van der Waals surface area contributed by atoms with Gasteiger partial charge in [0.05, 0.1) is 0 Å². The zero-order valence-corrected chi connectivity index (χ0v) is 14.7. The lowest BCUT2D eigenvalue weighted by atomic mass is 9.68. The van der Waals surface area contributed by atoms with Crippen molar-refractivity contribution in [2.75, 3.05) is 26.2 Å². The Morgan fingerprint density at radius 2 is 2.16 bits per heavy atom. The van der Waals surface area contributed by atoms with Crippen LogP contribution in [-0.2, 0) is 0 Å². The molecular weight excluding hydrogens is 349 g/mol. The van der Waals surface area contributed by atoms with Gasteiger partial charge in [0.25, 0.3) is 0 Å². The standard InChI is InChI=1S/C15H27N3.HI/c1-3-5-6-11-17-14(16-4-2)18-12-10-15(13-18)8-7-9-15;/h3,5H,4,6-13H2,1-2H3,(H,16,17);1H/b5-3+;. The number of nitrogens with one attached hydrogen (secondary N) is 1. The van der Waals surface area contributed by atoms with Gasteiger partial charge >= 0.3 is 0 Å². The highest BCUT2D eigenvalue weighted by atomic mass is 127. The second-order valence-corrected chi connectivity index (χ2v) is 5.62. The van der Waals surface area contributed by atoms with Crippen LogP contribution in [0.4, 0.5) is 0 Å². The molecule has 3 nitrogen and oxygen atoms in total. The van der Waals surface area contributed by atoms with Gasteiger partial charge in [0.2, 0.25) is 0 Å². The molecule has 1 aliphatic carbocycles. The van der Waals surface area contributed by atoms with Crippen molar-refractivity contribution in [3.63, 3.8) is 0 Å². The monoisotopic (exact) mass is 377 g/mol. The summed E-state index contributed by atoms with van der Waals surface area (Å²) in [5.41, 5.74) is 0.652. The van der Waals surface area contributed by atoms with E-state index in [-0.39, 0.29) is 24.0 Å². The van der Waals surface area contributed by atoms with Gasteiger partial charge in [0, 0.05) is 26.2 Å². The summed E-state index contributed by atoms with van der Waals surface area (Å²) >= 11 is 0. The molecule has 0 atom stereocenters. The first kappa shape index (κ1) is 16.8. The van der Waals surface area contributed by atoms with Crippen molar-refractivity contribution in [2.45, 2.75) is 46.0 Å². The molecular formula is C15H28IN3. The number of guanidine groups is 1. The molecule has 2 aliphatic rings. The lowest BCUT2D eigenvalue weighted by Gasteiger charge is -2.38. The van der Waals surface area contributed by atoms with Crippen LogP contribution < -0.4 is 5.32 Å². The molecule has 1 saturated carbocycles. The smallest absolute Gasteiger partial charge is 0.193 e. The molecule has 4 heteroatoms. The molecule has 1 saturated heterocycles. The van der Waals surface area contributed by atoms with Crippen LogP contribution in [0.15, 0.2) is 17.1 Å². The fourth-order valence-corrected chi connectivity index (χ4v) is 3.04. The van der Waals surface area contributed by atoms with E-state index in [0.29, 0.717) is 5.41 Å². The van der Waals surface area contributed by atoms with Gasteiger partial charge < -0.3 is 10.2 Å². The minimum absolute atomic E-state index is 0. The maximum atomic E-state index is 4.74. The molecule has 0 amide bonds. The van der Waals surface area contributed by atoms with E-state index < -0.39 is 0 Å². The second kappa shape index (κ2) is 8.12. The van der Waals surface area contributed by atoms with E-state index in [1.165, 1.54) is 38.8 Å². The lowest BCUT2D eigenvalue weighted by Crippen LogP contribution is -2.42. The molecule has 1 spiro atoms. The Labute approximate surface area is 134 Å². The van der Waals surface area contributed by atoms with E-state index in [4.69, 9.17) is 4.99 Å². The number of allylic oxidation sites excluding steroid dienone is 1. The van der Waals surface area contributed by atoms with E-state index in [1.54, 1.807) is 0 Å². The SMILES string of the molecule is C/C=C/CCN=C(NCC)N1CCC2(CCC2)C1.I. The summed E-state index contributed by atoms with van der Waals surface area (Å²) < 4.78 is 0. The highest BCUT2D eigenvalue weighted by Gasteiger charge is 2.43. The number of nitrogens with zero attached hydrogens (tertiary/aromatic N) is 2. The molecule has 0 radical (unpaired) electrons. The molecule has 0 aromatic heterocycles. The number of likely N-dealkylation sites (tertiary alicyclic amines) is 1. The third kappa shape index (κ3) is 4.36. The largest absolute Gasteiger partial charge is 0.357 e. The maximum Gasteiger partial charge on any atom is 0.193 e. The minimum Gasteiger partial charge on any atom is -0.357 e. The van der Waals surface area contributed by atoms with Crippen molar-refractivity contribution in [2.24, 2.45) is 10.4 Å². The Hall–Kier alpha value is -0.260. The predicted molar refractivity (Wildman–Crippen MR) is 93.3 cm³/mol. The number of halogens is 1. The van der Waals surface area contributed by atoms with Crippen molar-refractivity contribution < 1.29 is 0 Å². The molecule has 0 aromatic carbocycles. The van der Waals surface area contributed by atoms with Crippen LogP contribution in [0.5, 0.6) is 0 Å². The molecule has 1 N–H and O–H groups in total. The summed E-state index contributed by atoms with van der Waals surface area (Å²) in [4.78, 5) is 7.21. The van der Waals surface area contributed by atoms with Gasteiger partial charge in [-0.3, -0.25) is 4.99 Å². The first-order valence-corrected chi connectivity index (χ1v) is 7.44. The van der Waals surface area contributed by atoms with Gasteiger partial charge in [-0.15, -0.1) is 24.0 Å². The zero-order chi connectivity index (χ0) is 12.8. The quantitative estimate of drug-likeness (QED) is 0.267. The highest BCUT2D eigenvalue weighted by Crippen LogP contribution is 2.47. The molecule has 1 heterocycles. The van der Waals surface area contributed by atoms with Crippen molar-refractivity contribution in [1.82, 2.24) is 10.2 Å². The predicted octanol–water partition coefficient (Wildman–Crippen LogP) is 3.41. The summed E-state index contributed by atoms with van der Waals surface area (Å²) in [5, 5.41) is 3.44. The van der Waals surface area contributed by atoms with E-state index in [2.05, 4.69) is 36.2 Å². The summed E-state index contributed by atoms with van der Waals surface area (Å²) in [6.07, 6.45) is 11.0. The Bertz CT molecular complexity index is 321. The minimum atomic E-state index is 0. The summed E-state index contributed by atoms with van der Waals surface area (Å²) in [6, 6.07) is 0. The van der Waals surface area contributed by atoms with Gasteiger partial charge in [0.1, 0.15) is 0 Å². The molecule has 2 fully saturated rings. The third-order valence-electron chi connectivity index (χ3n) is 4.28. The summed E-state index contributed by atoms with van der Waals surface area (Å²) in [7, 11) is 0.